The van der Waals surface area contributed by atoms with E-state index in [2.05, 4.69) is 141 Å². The van der Waals surface area contributed by atoms with Crippen LogP contribution in [0.3, 0.4) is 0 Å². The van der Waals surface area contributed by atoms with E-state index in [1.165, 1.54) is 31.3 Å². The van der Waals surface area contributed by atoms with Gasteiger partial charge in [0.15, 0.2) is 11.6 Å². The Balaban J connectivity index is 1.24. The van der Waals surface area contributed by atoms with Crippen LogP contribution in [0.4, 0.5) is 0 Å². The standard InChI is InChI=1S/C47H32N4S/c1-47(2)36-26-13-12-22-32(36)41-42(50-46(51-44(41)47)31-20-10-5-11-21-31)35-25-14-24-34-40-33(23-15-27-39(40)52-43(34)35)38-28-37(29-16-6-3-7-17-29)48-45(49-38)30-18-8-4-9-19-30/h3-28H,1-2H3. The lowest BCUT2D eigenvalue weighted by Crippen LogP contribution is -2.17. The largest absolute Gasteiger partial charge is 0.231 e. The minimum atomic E-state index is -0.270. The zero-order chi connectivity index (χ0) is 34.8. The van der Waals surface area contributed by atoms with Crippen LogP contribution in [0.5, 0.6) is 0 Å². The first-order valence-electron chi connectivity index (χ1n) is 17.6. The van der Waals surface area contributed by atoms with Crippen molar-refractivity contribution in [2.45, 2.75) is 19.3 Å². The Morgan fingerprint density at radius 3 is 1.79 bits per heavy atom. The molecule has 3 aromatic heterocycles. The van der Waals surface area contributed by atoms with Gasteiger partial charge in [0.25, 0.3) is 0 Å². The summed E-state index contributed by atoms with van der Waals surface area (Å²) in [6, 6.07) is 55.0. The van der Waals surface area contributed by atoms with E-state index in [4.69, 9.17) is 19.9 Å². The molecule has 0 unspecified atom stereocenters. The number of benzene rings is 6. The predicted octanol–water partition coefficient (Wildman–Crippen LogP) is 12.3. The van der Waals surface area contributed by atoms with Crippen molar-refractivity contribution in [2.24, 2.45) is 0 Å². The molecule has 0 amide bonds. The number of thiophene rings is 1. The average molecular weight is 685 g/mol. The third-order valence-electron chi connectivity index (χ3n) is 10.3. The number of aromatic nitrogens is 4. The summed E-state index contributed by atoms with van der Waals surface area (Å²) in [5.74, 6) is 1.46. The first-order valence-corrected chi connectivity index (χ1v) is 18.4. The quantitative estimate of drug-likeness (QED) is 0.181. The van der Waals surface area contributed by atoms with Gasteiger partial charge in [-0.05, 0) is 23.3 Å². The van der Waals surface area contributed by atoms with Gasteiger partial charge in [0, 0.05) is 59.0 Å². The second-order valence-electron chi connectivity index (χ2n) is 13.8. The van der Waals surface area contributed by atoms with E-state index in [0.717, 1.165) is 62.0 Å². The molecule has 5 heteroatoms. The monoisotopic (exact) mass is 684 g/mol. The number of hydrogen-bond acceptors (Lipinski definition) is 5. The Labute approximate surface area is 306 Å². The summed E-state index contributed by atoms with van der Waals surface area (Å²) >= 11 is 1.82. The van der Waals surface area contributed by atoms with Crippen LogP contribution in [0.25, 0.3) is 87.8 Å². The van der Waals surface area contributed by atoms with Gasteiger partial charge in [-0.1, -0.05) is 159 Å². The topological polar surface area (TPSA) is 51.6 Å². The van der Waals surface area contributed by atoms with Gasteiger partial charge in [0.05, 0.1) is 22.8 Å². The molecule has 0 saturated heterocycles. The molecule has 9 aromatic rings. The molecule has 0 bridgehead atoms. The fraction of sp³-hybridized carbons (Fsp3) is 0.0638. The van der Waals surface area contributed by atoms with E-state index in [-0.39, 0.29) is 5.41 Å². The molecule has 10 rings (SSSR count). The number of fused-ring (bicyclic) bond motifs is 6. The highest BCUT2D eigenvalue weighted by Gasteiger charge is 2.40. The Bertz CT molecular complexity index is 2750. The molecule has 52 heavy (non-hydrogen) atoms. The number of rotatable bonds is 5. The summed E-state index contributed by atoms with van der Waals surface area (Å²) in [7, 11) is 0. The van der Waals surface area contributed by atoms with E-state index >= 15 is 0 Å². The maximum absolute atomic E-state index is 5.42. The van der Waals surface area contributed by atoms with E-state index in [1.807, 2.05) is 41.7 Å². The molecule has 246 valence electrons. The van der Waals surface area contributed by atoms with Crippen molar-refractivity contribution in [1.82, 2.24) is 19.9 Å². The fourth-order valence-corrected chi connectivity index (χ4v) is 9.00. The highest BCUT2D eigenvalue weighted by molar-refractivity contribution is 7.26. The van der Waals surface area contributed by atoms with Crippen LogP contribution in [0, 0.1) is 0 Å². The van der Waals surface area contributed by atoms with Gasteiger partial charge in [0.2, 0.25) is 0 Å². The van der Waals surface area contributed by atoms with Crippen LogP contribution in [0.1, 0.15) is 25.1 Å². The second kappa shape index (κ2) is 11.9. The third kappa shape index (κ3) is 4.81. The Morgan fingerprint density at radius 2 is 1.06 bits per heavy atom. The minimum Gasteiger partial charge on any atom is -0.231 e. The molecule has 0 atom stereocenters. The number of nitrogens with zero attached hydrogens (tertiary/aromatic N) is 4. The van der Waals surface area contributed by atoms with Crippen LogP contribution in [0.15, 0.2) is 158 Å². The molecular formula is C47H32N4S. The molecule has 0 spiro atoms. The summed E-state index contributed by atoms with van der Waals surface area (Å²) in [4.78, 5) is 21.0. The van der Waals surface area contributed by atoms with Gasteiger partial charge in [-0.2, -0.15) is 0 Å². The van der Waals surface area contributed by atoms with Crippen molar-refractivity contribution in [3.63, 3.8) is 0 Å². The second-order valence-corrected chi connectivity index (χ2v) is 14.9. The first kappa shape index (κ1) is 30.5. The molecule has 0 fully saturated rings. The van der Waals surface area contributed by atoms with Gasteiger partial charge in [0.1, 0.15) is 0 Å². The van der Waals surface area contributed by atoms with Crippen LogP contribution in [0.2, 0.25) is 0 Å². The lowest BCUT2D eigenvalue weighted by Gasteiger charge is -2.21. The van der Waals surface area contributed by atoms with E-state index in [1.54, 1.807) is 0 Å². The van der Waals surface area contributed by atoms with Crippen molar-refractivity contribution < 1.29 is 0 Å². The maximum atomic E-state index is 5.42. The Morgan fingerprint density at radius 1 is 0.481 bits per heavy atom. The minimum absolute atomic E-state index is 0.270. The van der Waals surface area contributed by atoms with Gasteiger partial charge in [-0.15, -0.1) is 11.3 Å². The lowest BCUT2D eigenvalue weighted by molar-refractivity contribution is 0.636. The van der Waals surface area contributed by atoms with Gasteiger partial charge in [-0.25, -0.2) is 19.9 Å². The molecule has 3 heterocycles. The summed E-state index contributed by atoms with van der Waals surface area (Å²) in [5, 5.41) is 2.38. The maximum Gasteiger partial charge on any atom is 0.160 e. The average Bonchev–Trinajstić information content (AvgIpc) is 3.71. The molecule has 4 nitrogen and oxygen atoms in total. The molecule has 0 N–H and O–H groups in total. The van der Waals surface area contributed by atoms with E-state index in [9.17, 15) is 0 Å². The zero-order valence-corrected chi connectivity index (χ0v) is 29.5. The Kier molecular flexibility index (Phi) is 6.98. The van der Waals surface area contributed by atoms with Crippen LogP contribution in [-0.2, 0) is 5.41 Å². The normalized spacial score (nSPS) is 13.0. The fourth-order valence-electron chi connectivity index (χ4n) is 7.76. The predicted molar refractivity (Wildman–Crippen MR) is 215 cm³/mol. The summed E-state index contributed by atoms with van der Waals surface area (Å²) in [6.07, 6.45) is 0. The molecule has 6 aromatic carbocycles. The summed E-state index contributed by atoms with van der Waals surface area (Å²) in [6.45, 7) is 4.56. The van der Waals surface area contributed by atoms with Crippen LogP contribution in [-0.4, -0.2) is 19.9 Å². The highest BCUT2D eigenvalue weighted by atomic mass is 32.1. The Hall–Kier alpha value is -6.30. The summed E-state index contributed by atoms with van der Waals surface area (Å²) < 4.78 is 2.41. The van der Waals surface area contributed by atoms with E-state index < -0.39 is 0 Å². The van der Waals surface area contributed by atoms with Gasteiger partial charge in [-0.3, -0.25) is 0 Å². The van der Waals surface area contributed by atoms with Crippen LogP contribution >= 0.6 is 11.3 Å². The van der Waals surface area contributed by atoms with Crippen molar-refractivity contribution in [1.29, 1.82) is 0 Å². The lowest BCUT2D eigenvalue weighted by atomic mass is 9.85. The third-order valence-corrected chi connectivity index (χ3v) is 11.5. The zero-order valence-electron chi connectivity index (χ0n) is 28.7. The molecule has 1 aliphatic carbocycles. The van der Waals surface area contributed by atoms with E-state index in [0.29, 0.717) is 5.82 Å². The molecule has 0 saturated carbocycles. The molecular weight excluding hydrogens is 653 g/mol. The molecule has 0 aliphatic heterocycles. The summed E-state index contributed by atoms with van der Waals surface area (Å²) in [5.41, 5.74) is 12.4. The van der Waals surface area contributed by atoms with Crippen molar-refractivity contribution in [3.8, 4) is 67.7 Å². The molecule has 1 aliphatic rings. The van der Waals surface area contributed by atoms with Crippen LogP contribution < -0.4 is 0 Å². The van der Waals surface area contributed by atoms with Crippen molar-refractivity contribution >= 4 is 31.5 Å². The van der Waals surface area contributed by atoms with Gasteiger partial charge < -0.3 is 0 Å². The van der Waals surface area contributed by atoms with Gasteiger partial charge >= 0.3 is 0 Å². The SMILES string of the molecule is CC1(C)c2ccccc2-c2c(-c3cccc4c3sc3cccc(-c5cc(-c6ccccc6)nc(-c6ccccc6)n5)c34)nc(-c3ccccc3)nc21. The van der Waals surface area contributed by atoms with Crippen molar-refractivity contribution in [3.05, 3.63) is 169 Å². The number of hydrogen-bond donors (Lipinski definition) is 0. The highest BCUT2D eigenvalue weighted by Crippen LogP contribution is 2.53. The van der Waals surface area contributed by atoms with Crippen molar-refractivity contribution in [2.75, 3.05) is 0 Å². The smallest absolute Gasteiger partial charge is 0.160 e. The first-order chi connectivity index (χ1) is 25.5. The molecule has 0 radical (unpaired) electrons.